The zero-order valence-electron chi connectivity index (χ0n) is 13.4. The smallest absolute Gasteiger partial charge is 0.275 e. The molecule has 1 aromatic heterocycles. The average molecular weight is 360 g/mol. The summed E-state index contributed by atoms with van der Waals surface area (Å²) < 4.78 is 15.0. The first kappa shape index (κ1) is 17.1. The number of nitrogens with zero attached hydrogens (tertiary/aromatic N) is 3. The second kappa shape index (κ2) is 7.03. The fourth-order valence-corrected chi connectivity index (χ4v) is 2.72. The number of benzene rings is 2. The van der Waals surface area contributed by atoms with Gasteiger partial charge in [0.1, 0.15) is 12.4 Å². The molecule has 5 nitrogen and oxygen atoms in total. The largest absolute Gasteiger partial charge is 0.340 e. The van der Waals surface area contributed by atoms with Crippen LogP contribution in [-0.2, 0) is 17.9 Å². The van der Waals surface area contributed by atoms with Gasteiger partial charge in [-0.05, 0) is 18.2 Å². The molecule has 0 saturated carbocycles. The normalized spacial score (nSPS) is 10.8. The number of rotatable bonds is 4. The molecule has 0 aliphatic carbocycles. The van der Waals surface area contributed by atoms with E-state index < -0.39 is 5.82 Å². The molecule has 25 heavy (non-hydrogen) atoms. The average Bonchev–Trinajstić information content (AvgIpc) is 2.60. The van der Waals surface area contributed by atoms with E-state index in [0.717, 1.165) is 4.68 Å². The minimum absolute atomic E-state index is 0.00662. The molecule has 0 unspecified atom stereocenters. The fraction of sp³-hybridized carbons (Fsp3) is 0.167. The molecule has 0 spiro atoms. The van der Waals surface area contributed by atoms with Gasteiger partial charge in [0.25, 0.3) is 5.56 Å². The third-order valence-corrected chi connectivity index (χ3v) is 4.28. The van der Waals surface area contributed by atoms with Crippen molar-refractivity contribution >= 4 is 28.3 Å². The number of hydrogen-bond donors (Lipinski definition) is 0. The summed E-state index contributed by atoms with van der Waals surface area (Å²) in [5.74, 6) is -0.850. The van der Waals surface area contributed by atoms with Crippen molar-refractivity contribution in [3.8, 4) is 0 Å². The first-order valence-corrected chi connectivity index (χ1v) is 7.97. The molecule has 0 bridgehead atoms. The van der Waals surface area contributed by atoms with Crippen molar-refractivity contribution < 1.29 is 9.18 Å². The Morgan fingerprint density at radius 3 is 2.76 bits per heavy atom. The lowest BCUT2D eigenvalue weighted by Crippen LogP contribution is -2.35. The summed E-state index contributed by atoms with van der Waals surface area (Å²) in [4.78, 5) is 26.1. The van der Waals surface area contributed by atoms with E-state index in [9.17, 15) is 14.0 Å². The Morgan fingerprint density at radius 2 is 2.00 bits per heavy atom. The van der Waals surface area contributed by atoms with E-state index in [1.165, 1.54) is 30.3 Å². The standard InChI is InChI=1S/C18H15ClFN3O2/c1-22(10-14-15(19)7-4-8-16(14)20)17(24)11-23-18(25)13-6-3-2-5-12(13)9-21-23/h2-9H,10-11H2,1H3. The Balaban J connectivity index is 1.80. The molecule has 128 valence electrons. The van der Waals surface area contributed by atoms with Crippen molar-refractivity contribution in [2.75, 3.05) is 7.05 Å². The van der Waals surface area contributed by atoms with Crippen molar-refractivity contribution in [2.24, 2.45) is 0 Å². The van der Waals surface area contributed by atoms with Crippen LogP contribution in [-0.4, -0.2) is 27.6 Å². The quantitative estimate of drug-likeness (QED) is 0.719. The topological polar surface area (TPSA) is 55.2 Å². The molecule has 2 aromatic carbocycles. The highest BCUT2D eigenvalue weighted by Gasteiger charge is 2.16. The maximum Gasteiger partial charge on any atom is 0.275 e. The lowest BCUT2D eigenvalue weighted by Gasteiger charge is -2.18. The van der Waals surface area contributed by atoms with E-state index in [1.54, 1.807) is 24.3 Å². The Morgan fingerprint density at radius 1 is 1.24 bits per heavy atom. The highest BCUT2D eigenvalue weighted by molar-refractivity contribution is 6.31. The monoisotopic (exact) mass is 359 g/mol. The molecule has 0 N–H and O–H groups in total. The summed E-state index contributed by atoms with van der Waals surface area (Å²) in [5, 5.41) is 5.48. The maximum absolute atomic E-state index is 13.8. The second-order valence-electron chi connectivity index (χ2n) is 5.64. The molecule has 3 aromatic rings. The summed E-state index contributed by atoms with van der Waals surface area (Å²) >= 11 is 5.98. The summed E-state index contributed by atoms with van der Waals surface area (Å²) in [6, 6.07) is 11.4. The van der Waals surface area contributed by atoms with Crippen LogP contribution < -0.4 is 5.56 Å². The van der Waals surface area contributed by atoms with Gasteiger partial charge in [0.15, 0.2) is 0 Å². The molecule has 0 aliphatic rings. The van der Waals surface area contributed by atoms with E-state index in [2.05, 4.69) is 5.10 Å². The van der Waals surface area contributed by atoms with Crippen molar-refractivity contribution in [3.05, 3.63) is 75.4 Å². The predicted octanol–water partition coefficient (Wildman–Crippen LogP) is 2.85. The van der Waals surface area contributed by atoms with Crippen molar-refractivity contribution in [3.63, 3.8) is 0 Å². The minimum Gasteiger partial charge on any atom is -0.340 e. The molecule has 0 fully saturated rings. The fourth-order valence-electron chi connectivity index (χ4n) is 2.50. The number of hydrogen-bond acceptors (Lipinski definition) is 3. The van der Waals surface area contributed by atoms with Crippen LogP contribution in [0.2, 0.25) is 5.02 Å². The molecule has 1 amide bonds. The van der Waals surface area contributed by atoms with Crippen molar-refractivity contribution in [1.82, 2.24) is 14.7 Å². The first-order chi connectivity index (χ1) is 12.0. The number of carbonyl (C=O) groups is 1. The Bertz CT molecular complexity index is 983. The molecule has 3 rings (SSSR count). The number of halogens is 2. The predicted molar refractivity (Wildman–Crippen MR) is 93.9 cm³/mol. The Kier molecular flexibility index (Phi) is 4.81. The molecule has 1 heterocycles. The number of aromatic nitrogens is 2. The van der Waals surface area contributed by atoms with Crippen molar-refractivity contribution in [1.29, 1.82) is 0 Å². The van der Waals surface area contributed by atoms with Crippen LogP contribution in [0.15, 0.2) is 53.5 Å². The molecule has 0 atom stereocenters. The molecular weight excluding hydrogens is 345 g/mol. The molecule has 0 radical (unpaired) electrons. The highest BCUT2D eigenvalue weighted by Crippen LogP contribution is 2.20. The van der Waals surface area contributed by atoms with Crippen molar-refractivity contribution in [2.45, 2.75) is 13.1 Å². The summed E-state index contributed by atoms with van der Waals surface area (Å²) in [7, 11) is 1.52. The van der Waals surface area contributed by atoms with Crippen LogP contribution in [0.5, 0.6) is 0 Å². The van der Waals surface area contributed by atoms with Crippen LogP contribution in [0.3, 0.4) is 0 Å². The minimum atomic E-state index is -0.479. The highest BCUT2D eigenvalue weighted by atomic mass is 35.5. The van der Waals surface area contributed by atoms with Gasteiger partial charge in [-0.2, -0.15) is 5.10 Å². The Hall–Kier alpha value is -2.73. The third-order valence-electron chi connectivity index (χ3n) is 3.93. The van der Waals surface area contributed by atoms with Crippen LogP contribution >= 0.6 is 11.6 Å². The van der Waals surface area contributed by atoms with Crippen LogP contribution in [0.4, 0.5) is 4.39 Å². The molecule has 0 aliphatic heterocycles. The zero-order chi connectivity index (χ0) is 18.0. The zero-order valence-corrected chi connectivity index (χ0v) is 14.2. The number of amides is 1. The molecule has 7 heteroatoms. The van der Waals surface area contributed by atoms with Crippen LogP contribution in [0.25, 0.3) is 10.8 Å². The summed E-state index contributed by atoms with van der Waals surface area (Å²) in [6.45, 7) is -0.223. The second-order valence-corrected chi connectivity index (χ2v) is 6.05. The summed E-state index contributed by atoms with van der Waals surface area (Å²) in [6.07, 6.45) is 1.54. The lowest BCUT2D eigenvalue weighted by atomic mass is 10.2. The van der Waals surface area contributed by atoms with Gasteiger partial charge >= 0.3 is 0 Å². The van der Waals surface area contributed by atoms with E-state index in [1.807, 2.05) is 6.07 Å². The SMILES string of the molecule is CN(Cc1c(F)cccc1Cl)C(=O)Cn1ncc2ccccc2c1=O. The van der Waals surface area contributed by atoms with E-state index in [-0.39, 0.29) is 35.1 Å². The van der Waals surface area contributed by atoms with Gasteiger partial charge in [-0.3, -0.25) is 9.59 Å². The first-order valence-electron chi connectivity index (χ1n) is 7.59. The van der Waals surface area contributed by atoms with E-state index in [4.69, 9.17) is 11.6 Å². The number of carbonyl (C=O) groups excluding carboxylic acids is 1. The van der Waals surface area contributed by atoms with Gasteiger partial charge in [-0.1, -0.05) is 35.9 Å². The maximum atomic E-state index is 13.8. The summed E-state index contributed by atoms with van der Waals surface area (Å²) in [5.41, 5.74) is -0.109. The van der Waals surface area contributed by atoms with Crippen LogP contribution in [0.1, 0.15) is 5.56 Å². The van der Waals surface area contributed by atoms with Gasteiger partial charge in [-0.15, -0.1) is 0 Å². The van der Waals surface area contributed by atoms with Gasteiger partial charge < -0.3 is 4.90 Å². The third kappa shape index (κ3) is 3.53. The van der Waals surface area contributed by atoms with Gasteiger partial charge in [0.2, 0.25) is 5.91 Å². The van der Waals surface area contributed by atoms with Crippen LogP contribution in [0, 0.1) is 5.82 Å². The number of fused-ring (bicyclic) bond motifs is 1. The Labute approximate surface area is 148 Å². The van der Waals surface area contributed by atoms with E-state index in [0.29, 0.717) is 10.8 Å². The van der Waals surface area contributed by atoms with Gasteiger partial charge in [-0.25, -0.2) is 9.07 Å². The van der Waals surface area contributed by atoms with Gasteiger partial charge in [0.05, 0.1) is 11.6 Å². The van der Waals surface area contributed by atoms with Gasteiger partial charge in [0, 0.05) is 29.6 Å². The van der Waals surface area contributed by atoms with E-state index >= 15 is 0 Å². The lowest BCUT2D eigenvalue weighted by molar-refractivity contribution is -0.131. The molecular formula is C18H15ClFN3O2. The number of likely N-dealkylation sites (N-methyl/N-ethyl adjacent to an activating group) is 1. The molecule has 0 saturated heterocycles.